The number of halogens is 3. The molecule has 0 aliphatic rings. The highest BCUT2D eigenvalue weighted by Crippen LogP contribution is 2.23. The third-order valence-electron chi connectivity index (χ3n) is 2.74. The first-order valence-electron chi connectivity index (χ1n) is 6.76. The van der Waals surface area contributed by atoms with Crippen molar-refractivity contribution >= 4 is 11.7 Å². The zero-order valence-electron chi connectivity index (χ0n) is 12.2. The van der Waals surface area contributed by atoms with Crippen LogP contribution in [-0.4, -0.2) is 28.7 Å². The number of rotatable bonds is 5. The van der Waals surface area contributed by atoms with Gasteiger partial charge in [-0.05, 0) is 30.3 Å². The standard InChI is InChI=1S/C14H13F3N4O3/c15-14(16,17)24-11-5-3-10(4-6-11)20-13(23)18-8-9-21-12(22)2-1-7-19-21/h1-7H,8-9H2,(H2,18,20,23). The van der Waals surface area contributed by atoms with Crippen molar-refractivity contribution in [3.8, 4) is 5.75 Å². The first kappa shape index (κ1) is 17.3. The first-order chi connectivity index (χ1) is 11.3. The molecule has 0 saturated heterocycles. The molecule has 2 amide bonds. The smallest absolute Gasteiger partial charge is 0.406 e. The van der Waals surface area contributed by atoms with E-state index < -0.39 is 12.4 Å². The number of alkyl halides is 3. The molecule has 1 heterocycles. The Morgan fingerprint density at radius 2 is 1.92 bits per heavy atom. The van der Waals surface area contributed by atoms with Crippen LogP contribution in [0.25, 0.3) is 0 Å². The predicted molar refractivity (Wildman–Crippen MR) is 78.6 cm³/mol. The van der Waals surface area contributed by atoms with Crippen molar-refractivity contribution in [1.82, 2.24) is 15.1 Å². The molecule has 7 nitrogen and oxygen atoms in total. The fraction of sp³-hybridized carbons (Fsp3) is 0.214. The Kier molecular flexibility index (Phi) is 5.40. The lowest BCUT2D eigenvalue weighted by Gasteiger charge is -2.10. The molecule has 0 aliphatic carbocycles. The Labute approximate surface area is 134 Å². The monoisotopic (exact) mass is 342 g/mol. The minimum Gasteiger partial charge on any atom is -0.406 e. The number of urea groups is 1. The fourth-order valence-corrected chi connectivity index (χ4v) is 1.75. The maximum absolute atomic E-state index is 12.0. The van der Waals surface area contributed by atoms with Gasteiger partial charge in [-0.2, -0.15) is 5.10 Å². The number of carbonyl (C=O) groups is 1. The topological polar surface area (TPSA) is 85.2 Å². The summed E-state index contributed by atoms with van der Waals surface area (Å²) >= 11 is 0. The van der Waals surface area contributed by atoms with Gasteiger partial charge >= 0.3 is 12.4 Å². The number of amides is 2. The molecule has 2 rings (SSSR count). The van der Waals surface area contributed by atoms with Gasteiger partial charge in [0.1, 0.15) is 5.75 Å². The summed E-state index contributed by atoms with van der Waals surface area (Å²) in [5, 5.41) is 8.76. The van der Waals surface area contributed by atoms with Crippen LogP contribution in [0.4, 0.5) is 23.7 Å². The summed E-state index contributed by atoms with van der Waals surface area (Å²) in [6.45, 7) is 0.337. The summed E-state index contributed by atoms with van der Waals surface area (Å²) in [6.07, 6.45) is -3.32. The van der Waals surface area contributed by atoms with E-state index in [0.29, 0.717) is 0 Å². The summed E-state index contributed by atoms with van der Waals surface area (Å²) in [7, 11) is 0. The number of nitrogens with one attached hydrogen (secondary N) is 2. The van der Waals surface area contributed by atoms with Crippen LogP contribution in [0.3, 0.4) is 0 Å². The molecule has 1 aromatic carbocycles. The van der Waals surface area contributed by atoms with Gasteiger partial charge in [0, 0.05) is 24.5 Å². The maximum Gasteiger partial charge on any atom is 0.573 e. The summed E-state index contributed by atoms with van der Waals surface area (Å²) < 4.78 is 41.0. The molecule has 0 unspecified atom stereocenters. The van der Waals surface area contributed by atoms with E-state index in [1.165, 1.54) is 35.1 Å². The Hall–Kier alpha value is -3.04. The van der Waals surface area contributed by atoms with Crippen LogP contribution in [0.5, 0.6) is 5.75 Å². The number of ether oxygens (including phenoxy) is 1. The van der Waals surface area contributed by atoms with Gasteiger partial charge in [0.05, 0.1) is 6.54 Å². The van der Waals surface area contributed by atoms with E-state index in [9.17, 15) is 22.8 Å². The van der Waals surface area contributed by atoms with Gasteiger partial charge in [0.2, 0.25) is 0 Å². The number of carbonyl (C=O) groups excluding carboxylic acids is 1. The third kappa shape index (κ3) is 5.63. The Bertz CT molecular complexity index is 744. The predicted octanol–water partition coefficient (Wildman–Crippen LogP) is 1.96. The second-order valence-electron chi connectivity index (χ2n) is 4.54. The highest BCUT2D eigenvalue weighted by molar-refractivity contribution is 5.89. The number of benzene rings is 1. The average Bonchev–Trinajstić information content (AvgIpc) is 2.50. The quantitative estimate of drug-likeness (QED) is 0.870. The zero-order valence-corrected chi connectivity index (χ0v) is 12.2. The van der Waals surface area contributed by atoms with Crippen molar-refractivity contribution in [3.05, 3.63) is 52.9 Å². The average molecular weight is 342 g/mol. The molecule has 0 aliphatic heterocycles. The lowest BCUT2D eigenvalue weighted by Crippen LogP contribution is -2.34. The number of anilines is 1. The molecule has 0 saturated carbocycles. The molecular formula is C14H13F3N4O3. The summed E-state index contributed by atoms with van der Waals surface area (Å²) in [4.78, 5) is 23.1. The molecule has 2 N–H and O–H groups in total. The number of hydrogen-bond donors (Lipinski definition) is 2. The van der Waals surface area contributed by atoms with Gasteiger partial charge in [0.25, 0.3) is 5.56 Å². The van der Waals surface area contributed by atoms with Crippen LogP contribution in [0.1, 0.15) is 0 Å². The summed E-state index contributed by atoms with van der Waals surface area (Å²) in [6, 6.07) is 6.98. The first-order valence-corrected chi connectivity index (χ1v) is 6.76. The lowest BCUT2D eigenvalue weighted by atomic mass is 10.3. The molecule has 0 bridgehead atoms. The number of nitrogens with zero attached hydrogens (tertiary/aromatic N) is 2. The van der Waals surface area contributed by atoms with E-state index in [-0.39, 0.29) is 30.1 Å². The molecule has 2 aromatic rings. The SMILES string of the molecule is O=C(NCCn1ncccc1=O)Nc1ccc(OC(F)(F)F)cc1. The Balaban J connectivity index is 1.80. The van der Waals surface area contributed by atoms with Gasteiger partial charge in [-0.15, -0.1) is 13.2 Å². The van der Waals surface area contributed by atoms with Crippen LogP contribution >= 0.6 is 0 Å². The van der Waals surface area contributed by atoms with E-state index in [4.69, 9.17) is 0 Å². The lowest BCUT2D eigenvalue weighted by molar-refractivity contribution is -0.274. The Morgan fingerprint density at radius 1 is 1.21 bits per heavy atom. The van der Waals surface area contributed by atoms with Crippen LogP contribution in [0, 0.1) is 0 Å². The van der Waals surface area contributed by atoms with Crippen LogP contribution in [0.15, 0.2) is 47.4 Å². The zero-order chi connectivity index (χ0) is 17.6. The summed E-state index contributed by atoms with van der Waals surface area (Å²) in [5.74, 6) is -0.386. The van der Waals surface area contributed by atoms with Crippen LogP contribution in [0.2, 0.25) is 0 Å². The Morgan fingerprint density at radius 3 is 2.54 bits per heavy atom. The van der Waals surface area contributed by atoms with Gasteiger partial charge in [-0.1, -0.05) is 0 Å². The minimum absolute atomic E-state index is 0.151. The van der Waals surface area contributed by atoms with Crippen molar-refractivity contribution in [2.75, 3.05) is 11.9 Å². The molecule has 128 valence electrons. The van der Waals surface area contributed by atoms with Gasteiger partial charge < -0.3 is 15.4 Å². The van der Waals surface area contributed by atoms with Gasteiger partial charge in [-0.3, -0.25) is 4.79 Å². The highest BCUT2D eigenvalue weighted by atomic mass is 19.4. The van der Waals surface area contributed by atoms with Crippen molar-refractivity contribution in [1.29, 1.82) is 0 Å². The second kappa shape index (κ2) is 7.49. The molecule has 0 radical (unpaired) electrons. The number of aromatic nitrogens is 2. The number of hydrogen-bond acceptors (Lipinski definition) is 4. The largest absolute Gasteiger partial charge is 0.573 e. The summed E-state index contributed by atoms with van der Waals surface area (Å²) in [5.41, 5.74) is -0.00279. The van der Waals surface area contributed by atoms with Crippen LogP contribution < -0.4 is 20.9 Å². The van der Waals surface area contributed by atoms with Gasteiger partial charge in [-0.25, -0.2) is 9.48 Å². The highest BCUT2D eigenvalue weighted by Gasteiger charge is 2.30. The van der Waals surface area contributed by atoms with Crippen molar-refractivity contribution in [2.45, 2.75) is 12.9 Å². The van der Waals surface area contributed by atoms with Crippen molar-refractivity contribution in [2.24, 2.45) is 0 Å². The normalized spacial score (nSPS) is 11.0. The second-order valence-corrected chi connectivity index (χ2v) is 4.54. The molecule has 0 atom stereocenters. The molecule has 0 spiro atoms. The minimum atomic E-state index is -4.77. The van der Waals surface area contributed by atoms with Crippen molar-refractivity contribution in [3.63, 3.8) is 0 Å². The van der Waals surface area contributed by atoms with E-state index >= 15 is 0 Å². The molecule has 24 heavy (non-hydrogen) atoms. The maximum atomic E-state index is 12.0. The molecule has 1 aromatic heterocycles. The molecular weight excluding hydrogens is 329 g/mol. The molecule has 0 fully saturated rings. The van der Waals surface area contributed by atoms with Gasteiger partial charge in [0.15, 0.2) is 0 Å². The fourth-order valence-electron chi connectivity index (χ4n) is 1.75. The van der Waals surface area contributed by atoms with E-state index in [1.54, 1.807) is 0 Å². The molecule has 10 heteroatoms. The van der Waals surface area contributed by atoms with E-state index in [1.807, 2.05) is 0 Å². The van der Waals surface area contributed by atoms with Crippen LogP contribution in [-0.2, 0) is 6.54 Å². The van der Waals surface area contributed by atoms with E-state index in [2.05, 4.69) is 20.5 Å². The van der Waals surface area contributed by atoms with E-state index in [0.717, 1.165) is 12.1 Å². The van der Waals surface area contributed by atoms with Crippen molar-refractivity contribution < 1.29 is 22.7 Å². The third-order valence-corrected chi connectivity index (χ3v) is 2.74.